The zero-order chi connectivity index (χ0) is 19.2. The van der Waals surface area contributed by atoms with Crippen LogP contribution in [0.5, 0.6) is 11.5 Å². The van der Waals surface area contributed by atoms with Gasteiger partial charge in [0.2, 0.25) is 11.8 Å². The lowest BCUT2D eigenvalue weighted by Gasteiger charge is -2.11. The predicted molar refractivity (Wildman–Crippen MR) is 107 cm³/mol. The molecule has 0 unspecified atom stereocenters. The van der Waals surface area contributed by atoms with Gasteiger partial charge in [-0.05, 0) is 43.2 Å². The highest BCUT2D eigenvalue weighted by atomic mass is 32.2. The third-order valence-electron chi connectivity index (χ3n) is 4.10. The first-order chi connectivity index (χ1) is 13.1. The van der Waals surface area contributed by atoms with Gasteiger partial charge in [0.15, 0.2) is 0 Å². The summed E-state index contributed by atoms with van der Waals surface area (Å²) in [6.45, 7) is 0. The maximum atomic E-state index is 12.3. The van der Waals surface area contributed by atoms with Crippen LogP contribution < -0.4 is 20.1 Å². The average Bonchev–Trinajstić information content (AvgIpc) is 3.52. The van der Waals surface area contributed by atoms with E-state index in [0.29, 0.717) is 17.2 Å². The van der Waals surface area contributed by atoms with Crippen molar-refractivity contribution in [2.24, 2.45) is 5.92 Å². The molecule has 6 nitrogen and oxygen atoms in total. The van der Waals surface area contributed by atoms with Gasteiger partial charge in [-0.2, -0.15) is 0 Å². The maximum Gasteiger partial charge on any atom is 0.234 e. The van der Waals surface area contributed by atoms with Gasteiger partial charge < -0.3 is 20.1 Å². The summed E-state index contributed by atoms with van der Waals surface area (Å²) in [5.74, 6) is 1.53. The van der Waals surface area contributed by atoms with Gasteiger partial charge in [-0.15, -0.1) is 11.8 Å². The monoisotopic (exact) mass is 386 g/mol. The number of carbonyl (C=O) groups excluding carboxylic acids is 2. The van der Waals surface area contributed by atoms with Crippen LogP contribution in [-0.4, -0.2) is 31.8 Å². The molecule has 0 heterocycles. The minimum absolute atomic E-state index is 0.0708. The van der Waals surface area contributed by atoms with Gasteiger partial charge in [0.05, 0.1) is 25.7 Å². The summed E-state index contributed by atoms with van der Waals surface area (Å²) in [6.07, 6.45) is 1.94. The minimum atomic E-state index is -0.143. The first-order valence-electron chi connectivity index (χ1n) is 8.64. The summed E-state index contributed by atoms with van der Waals surface area (Å²) < 4.78 is 10.4. The third-order valence-corrected chi connectivity index (χ3v) is 5.10. The van der Waals surface area contributed by atoms with E-state index in [9.17, 15) is 9.59 Å². The third kappa shape index (κ3) is 5.40. The number of thioether (sulfide) groups is 1. The molecule has 27 heavy (non-hydrogen) atoms. The van der Waals surface area contributed by atoms with E-state index in [2.05, 4.69) is 10.6 Å². The van der Waals surface area contributed by atoms with Gasteiger partial charge in [-0.3, -0.25) is 9.59 Å². The van der Waals surface area contributed by atoms with Crippen molar-refractivity contribution in [3.8, 4) is 11.5 Å². The van der Waals surface area contributed by atoms with Crippen LogP contribution in [0.25, 0.3) is 0 Å². The minimum Gasteiger partial charge on any atom is -0.497 e. The number of hydrogen-bond acceptors (Lipinski definition) is 5. The summed E-state index contributed by atoms with van der Waals surface area (Å²) in [6, 6.07) is 12.7. The van der Waals surface area contributed by atoms with Crippen LogP contribution in [0.15, 0.2) is 47.4 Å². The van der Waals surface area contributed by atoms with Gasteiger partial charge >= 0.3 is 0 Å². The Morgan fingerprint density at radius 2 is 1.89 bits per heavy atom. The van der Waals surface area contributed by atoms with Crippen molar-refractivity contribution in [1.82, 2.24) is 0 Å². The van der Waals surface area contributed by atoms with Crippen molar-refractivity contribution in [3.63, 3.8) is 0 Å². The molecule has 2 amide bonds. The largest absolute Gasteiger partial charge is 0.497 e. The Balaban J connectivity index is 1.55. The van der Waals surface area contributed by atoms with E-state index in [4.69, 9.17) is 9.47 Å². The second-order valence-electron chi connectivity index (χ2n) is 6.19. The van der Waals surface area contributed by atoms with Crippen LogP contribution in [0.3, 0.4) is 0 Å². The number of ether oxygens (including phenoxy) is 2. The molecular weight excluding hydrogens is 364 g/mol. The van der Waals surface area contributed by atoms with Crippen molar-refractivity contribution in [2.75, 3.05) is 30.6 Å². The summed E-state index contributed by atoms with van der Waals surface area (Å²) in [4.78, 5) is 25.1. The van der Waals surface area contributed by atoms with Crippen molar-refractivity contribution < 1.29 is 19.1 Å². The van der Waals surface area contributed by atoms with E-state index in [-0.39, 0.29) is 23.5 Å². The van der Waals surface area contributed by atoms with Crippen LogP contribution in [0.2, 0.25) is 0 Å². The smallest absolute Gasteiger partial charge is 0.234 e. The lowest BCUT2D eigenvalue weighted by Crippen LogP contribution is -2.15. The standard InChI is InChI=1S/C20H22N2O4S/c1-25-15-8-9-17(18(11-15)26-2)22-19(23)12-27-16-5-3-4-14(10-16)21-20(24)13-6-7-13/h3-5,8-11,13H,6-7,12H2,1-2H3,(H,21,24)(H,22,23). The summed E-state index contributed by atoms with van der Waals surface area (Å²) >= 11 is 1.41. The quantitative estimate of drug-likeness (QED) is 0.675. The summed E-state index contributed by atoms with van der Waals surface area (Å²) in [5, 5.41) is 5.76. The van der Waals surface area contributed by atoms with Gasteiger partial charge in [-0.1, -0.05) is 6.07 Å². The lowest BCUT2D eigenvalue weighted by molar-refractivity contribution is -0.117. The SMILES string of the molecule is COc1ccc(NC(=O)CSc2cccc(NC(=O)C3CC3)c2)c(OC)c1. The molecule has 3 rings (SSSR count). The summed E-state index contributed by atoms with van der Waals surface area (Å²) in [5.41, 5.74) is 1.35. The maximum absolute atomic E-state index is 12.3. The fourth-order valence-electron chi connectivity index (χ4n) is 2.49. The molecule has 1 aliphatic rings. The highest BCUT2D eigenvalue weighted by Gasteiger charge is 2.29. The topological polar surface area (TPSA) is 76.7 Å². The number of carbonyl (C=O) groups is 2. The van der Waals surface area contributed by atoms with Crippen LogP contribution in [0, 0.1) is 5.92 Å². The van der Waals surface area contributed by atoms with Crippen LogP contribution >= 0.6 is 11.8 Å². The lowest BCUT2D eigenvalue weighted by atomic mass is 10.2. The fraction of sp³-hybridized carbons (Fsp3) is 0.300. The second-order valence-corrected chi connectivity index (χ2v) is 7.24. The highest BCUT2D eigenvalue weighted by molar-refractivity contribution is 8.00. The molecule has 2 aromatic rings. The number of methoxy groups -OCH3 is 2. The number of nitrogens with one attached hydrogen (secondary N) is 2. The number of benzene rings is 2. The molecule has 0 spiro atoms. The average molecular weight is 386 g/mol. The van der Waals surface area contributed by atoms with Gasteiger partial charge in [-0.25, -0.2) is 0 Å². The molecule has 0 bridgehead atoms. The normalized spacial score (nSPS) is 13.0. The van der Waals surface area contributed by atoms with E-state index in [1.165, 1.54) is 11.8 Å². The van der Waals surface area contributed by atoms with Gasteiger partial charge in [0.1, 0.15) is 11.5 Å². The zero-order valence-electron chi connectivity index (χ0n) is 15.3. The summed E-state index contributed by atoms with van der Waals surface area (Å²) in [7, 11) is 3.12. The second kappa shape index (κ2) is 8.81. The van der Waals surface area contributed by atoms with Crippen LogP contribution in [-0.2, 0) is 9.59 Å². The van der Waals surface area contributed by atoms with Gasteiger partial charge in [0.25, 0.3) is 0 Å². The van der Waals surface area contributed by atoms with E-state index < -0.39 is 0 Å². The molecule has 0 aromatic heterocycles. The molecule has 7 heteroatoms. The van der Waals surface area contributed by atoms with E-state index in [1.54, 1.807) is 32.4 Å². The van der Waals surface area contributed by atoms with Crippen molar-refractivity contribution in [3.05, 3.63) is 42.5 Å². The van der Waals surface area contributed by atoms with E-state index >= 15 is 0 Å². The van der Waals surface area contributed by atoms with Crippen molar-refractivity contribution in [1.29, 1.82) is 0 Å². The van der Waals surface area contributed by atoms with Crippen LogP contribution in [0.1, 0.15) is 12.8 Å². The molecule has 0 atom stereocenters. The van der Waals surface area contributed by atoms with Crippen LogP contribution in [0.4, 0.5) is 11.4 Å². The Kier molecular flexibility index (Phi) is 6.24. The molecule has 0 aliphatic heterocycles. The number of amides is 2. The zero-order valence-corrected chi connectivity index (χ0v) is 16.1. The molecule has 0 saturated heterocycles. The molecule has 1 fully saturated rings. The molecule has 1 saturated carbocycles. The Labute approximate surface area is 162 Å². The molecular formula is C20H22N2O4S. The van der Waals surface area contributed by atoms with Gasteiger partial charge in [0, 0.05) is 22.6 Å². The Bertz CT molecular complexity index is 836. The van der Waals surface area contributed by atoms with E-state index in [1.807, 2.05) is 24.3 Å². The number of anilines is 2. The molecule has 2 aromatic carbocycles. The molecule has 0 radical (unpaired) electrons. The predicted octanol–water partition coefficient (Wildman–Crippen LogP) is 3.78. The number of rotatable bonds is 8. The Morgan fingerprint density at radius 1 is 1.07 bits per heavy atom. The number of hydrogen-bond donors (Lipinski definition) is 2. The Hall–Kier alpha value is -2.67. The molecule has 2 N–H and O–H groups in total. The first-order valence-corrected chi connectivity index (χ1v) is 9.63. The van der Waals surface area contributed by atoms with Crippen molar-refractivity contribution in [2.45, 2.75) is 17.7 Å². The fourth-order valence-corrected chi connectivity index (χ4v) is 3.25. The van der Waals surface area contributed by atoms with Crippen molar-refractivity contribution >= 4 is 35.0 Å². The molecule has 142 valence electrons. The van der Waals surface area contributed by atoms with E-state index in [0.717, 1.165) is 23.4 Å². The highest BCUT2D eigenvalue weighted by Crippen LogP contribution is 2.31. The first kappa shape index (κ1) is 19.1. The Morgan fingerprint density at radius 3 is 2.59 bits per heavy atom. The molecule has 1 aliphatic carbocycles.